The molecule has 2 amide bonds. The van der Waals surface area contributed by atoms with Gasteiger partial charge < -0.3 is 10.4 Å². The van der Waals surface area contributed by atoms with E-state index in [0.29, 0.717) is 0 Å². The molecule has 0 aliphatic carbocycles. The quantitative estimate of drug-likeness (QED) is 0.787. The Hall–Kier alpha value is -2.85. The number of aromatic nitrogens is 2. The molecule has 1 heterocycles. The van der Waals surface area contributed by atoms with E-state index in [-0.39, 0.29) is 24.0 Å². The number of nitriles is 1. The molecule has 1 aromatic carbocycles. The first-order valence-corrected chi connectivity index (χ1v) is 7.27. The first-order chi connectivity index (χ1) is 11.0. The van der Waals surface area contributed by atoms with Crippen LogP contribution in [0.5, 0.6) is 0 Å². The number of urea groups is 1. The van der Waals surface area contributed by atoms with Gasteiger partial charge in [-0.2, -0.15) is 10.4 Å². The average Bonchev–Trinajstić information content (AvgIpc) is 2.96. The van der Waals surface area contributed by atoms with E-state index in [2.05, 4.69) is 15.7 Å². The molecule has 0 saturated heterocycles. The van der Waals surface area contributed by atoms with Crippen molar-refractivity contribution in [2.24, 2.45) is 0 Å². The number of rotatable bonds is 5. The predicted octanol–water partition coefficient (Wildman–Crippen LogP) is 2.19. The zero-order valence-electron chi connectivity index (χ0n) is 13.0. The Balaban J connectivity index is 2.09. The van der Waals surface area contributed by atoms with E-state index in [4.69, 9.17) is 5.26 Å². The Morgan fingerprint density at radius 1 is 1.39 bits per heavy atom. The molecule has 1 aromatic heterocycles. The Kier molecular flexibility index (Phi) is 5.33. The van der Waals surface area contributed by atoms with Crippen LogP contribution in [0.1, 0.15) is 37.1 Å². The molecule has 0 bridgehead atoms. The van der Waals surface area contributed by atoms with Gasteiger partial charge in [0.25, 0.3) is 0 Å². The minimum Gasteiger partial charge on any atom is -0.394 e. The van der Waals surface area contributed by atoms with Gasteiger partial charge in [-0.1, -0.05) is 30.3 Å². The van der Waals surface area contributed by atoms with E-state index in [0.717, 1.165) is 5.56 Å². The number of benzene rings is 1. The molecule has 0 saturated carbocycles. The molecule has 0 fully saturated rings. The maximum Gasteiger partial charge on any atom is 0.321 e. The molecule has 0 radical (unpaired) electrons. The van der Waals surface area contributed by atoms with Crippen molar-refractivity contribution in [3.8, 4) is 6.07 Å². The van der Waals surface area contributed by atoms with Crippen LogP contribution >= 0.6 is 0 Å². The van der Waals surface area contributed by atoms with Gasteiger partial charge in [0.05, 0.1) is 12.6 Å². The lowest BCUT2D eigenvalue weighted by atomic mass is 10.1. The number of aliphatic hydroxyl groups excluding tert-OH is 1. The van der Waals surface area contributed by atoms with Crippen LogP contribution in [-0.2, 0) is 0 Å². The van der Waals surface area contributed by atoms with Crippen molar-refractivity contribution in [1.82, 2.24) is 15.1 Å². The van der Waals surface area contributed by atoms with Crippen molar-refractivity contribution in [2.45, 2.75) is 25.9 Å². The fourth-order valence-corrected chi connectivity index (χ4v) is 2.05. The molecule has 0 aliphatic heterocycles. The van der Waals surface area contributed by atoms with Crippen molar-refractivity contribution in [3.63, 3.8) is 0 Å². The number of nitrogens with zero attached hydrogens (tertiary/aromatic N) is 3. The van der Waals surface area contributed by atoms with Gasteiger partial charge in [0, 0.05) is 12.2 Å². The van der Waals surface area contributed by atoms with Crippen LogP contribution in [0.2, 0.25) is 0 Å². The summed E-state index contributed by atoms with van der Waals surface area (Å²) in [6, 6.07) is 10.2. The second kappa shape index (κ2) is 7.42. The van der Waals surface area contributed by atoms with Crippen molar-refractivity contribution < 1.29 is 9.90 Å². The smallest absolute Gasteiger partial charge is 0.321 e. The first-order valence-electron chi connectivity index (χ1n) is 7.27. The molecule has 0 unspecified atom stereocenters. The highest BCUT2D eigenvalue weighted by molar-refractivity contribution is 5.89. The third kappa shape index (κ3) is 4.08. The number of nitrogens with one attached hydrogen (secondary N) is 2. The number of hydrogen-bond donors (Lipinski definition) is 3. The van der Waals surface area contributed by atoms with Crippen molar-refractivity contribution >= 4 is 11.8 Å². The van der Waals surface area contributed by atoms with E-state index in [9.17, 15) is 9.90 Å². The molecular weight excluding hydrogens is 294 g/mol. The molecule has 0 spiro atoms. The van der Waals surface area contributed by atoms with E-state index in [1.807, 2.05) is 50.2 Å². The summed E-state index contributed by atoms with van der Waals surface area (Å²) in [6.45, 7) is 3.62. The first kappa shape index (κ1) is 16.5. The summed E-state index contributed by atoms with van der Waals surface area (Å²) < 4.78 is 1.61. The summed E-state index contributed by atoms with van der Waals surface area (Å²) in [6.07, 6.45) is 1.58. The van der Waals surface area contributed by atoms with E-state index < -0.39 is 12.1 Å². The van der Waals surface area contributed by atoms with Crippen LogP contribution in [0.15, 0.2) is 36.5 Å². The van der Waals surface area contributed by atoms with E-state index in [1.165, 1.54) is 0 Å². The number of anilines is 1. The van der Waals surface area contributed by atoms with E-state index >= 15 is 0 Å². The molecule has 3 N–H and O–H groups in total. The molecule has 2 rings (SSSR count). The number of carbonyl (C=O) groups is 1. The molecular formula is C16H19N5O2. The molecule has 7 nitrogen and oxygen atoms in total. The Morgan fingerprint density at radius 2 is 2.09 bits per heavy atom. The summed E-state index contributed by atoms with van der Waals surface area (Å²) in [5.74, 6) is 0.198. The second-order valence-electron chi connectivity index (χ2n) is 5.32. The molecule has 2 aromatic rings. The monoisotopic (exact) mass is 313 g/mol. The van der Waals surface area contributed by atoms with Gasteiger partial charge >= 0.3 is 6.03 Å². The zero-order chi connectivity index (χ0) is 16.8. The molecule has 120 valence electrons. The van der Waals surface area contributed by atoms with Crippen LogP contribution in [0.4, 0.5) is 10.6 Å². The summed E-state index contributed by atoms with van der Waals surface area (Å²) in [5.41, 5.74) is 1.08. The van der Waals surface area contributed by atoms with Crippen LogP contribution < -0.4 is 10.6 Å². The van der Waals surface area contributed by atoms with Gasteiger partial charge in [-0.15, -0.1) is 0 Å². The maximum absolute atomic E-state index is 12.1. The Labute approximate surface area is 134 Å². The van der Waals surface area contributed by atoms with Crippen molar-refractivity contribution in [1.29, 1.82) is 5.26 Å². The predicted molar refractivity (Wildman–Crippen MR) is 85.8 cm³/mol. The fraction of sp³-hybridized carbons (Fsp3) is 0.312. The number of aliphatic hydroxyl groups is 1. The van der Waals surface area contributed by atoms with Gasteiger partial charge in [-0.3, -0.25) is 10.00 Å². The maximum atomic E-state index is 12.1. The summed E-state index contributed by atoms with van der Waals surface area (Å²) >= 11 is 0. The van der Waals surface area contributed by atoms with Crippen LogP contribution in [0, 0.1) is 11.3 Å². The van der Waals surface area contributed by atoms with E-state index in [1.54, 1.807) is 10.9 Å². The molecule has 7 heteroatoms. The van der Waals surface area contributed by atoms with Gasteiger partial charge in [-0.05, 0) is 19.4 Å². The highest BCUT2D eigenvalue weighted by Crippen LogP contribution is 2.16. The lowest BCUT2D eigenvalue weighted by molar-refractivity contribution is 0.225. The minimum absolute atomic E-state index is 0.0789. The third-order valence-electron chi connectivity index (χ3n) is 3.30. The van der Waals surface area contributed by atoms with Crippen LogP contribution in [0.25, 0.3) is 0 Å². The lowest BCUT2D eigenvalue weighted by Gasteiger charge is -2.16. The highest BCUT2D eigenvalue weighted by atomic mass is 16.3. The summed E-state index contributed by atoms with van der Waals surface area (Å²) in [5, 5.41) is 28.0. The standard InChI is InChI=1S/C16H19N5O2/c1-11(2)21-9-13(8-17)15(20-21)19-16(23)18-14(10-22)12-6-4-3-5-7-12/h3-7,9,11,14,22H,10H2,1-2H3,(H2,18,19,20,23)/t14-/m1/s1. The largest absolute Gasteiger partial charge is 0.394 e. The Morgan fingerprint density at radius 3 is 2.65 bits per heavy atom. The second-order valence-corrected chi connectivity index (χ2v) is 5.32. The van der Waals surface area contributed by atoms with Crippen molar-refractivity contribution in [3.05, 3.63) is 47.7 Å². The summed E-state index contributed by atoms with van der Waals surface area (Å²) in [4.78, 5) is 12.1. The average molecular weight is 313 g/mol. The Bertz CT molecular complexity index is 703. The van der Waals surface area contributed by atoms with Gasteiger partial charge in [-0.25, -0.2) is 4.79 Å². The zero-order valence-corrected chi connectivity index (χ0v) is 13.0. The van der Waals surface area contributed by atoms with Crippen LogP contribution in [-0.4, -0.2) is 27.5 Å². The van der Waals surface area contributed by atoms with Crippen molar-refractivity contribution in [2.75, 3.05) is 11.9 Å². The lowest BCUT2D eigenvalue weighted by Crippen LogP contribution is -2.34. The molecule has 1 atom stereocenters. The van der Waals surface area contributed by atoms with Crippen LogP contribution in [0.3, 0.4) is 0 Å². The highest BCUT2D eigenvalue weighted by Gasteiger charge is 2.17. The van der Waals surface area contributed by atoms with Gasteiger partial charge in [0.1, 0.15) is 11.6 Å². The number of amides is 2. The molecule has 23 heavy (non-hydrogen) atoms. The summed E-state index contributed by atoms with van der Waals surface area (Å²) in [7, 11) is 0. The van der Waals surface area contributed by atoms with Gasteiger partial charge in [0.15, 0.2) is 5.82 Å². The molecule has 0 aliphatic rings. The topological polar surface area (TPSA) is 103 Å². The fourth-order valence-electron chi connectivity index (χ4n) is 2.05. The normalized spacial score (nSPS) is 11.8. The number of carbonyl (C=O) groups excluding carboxylic acids is 1. The SMILES string of the molecule is CC(C)n1cc(C#N)c(NC(=O)N[C@H](CO)c2ccccc2)n1. The van der Waals surface area contributed by atoms with Gasteiger partial charge in [0.2, 0.25) is 0 Å². The minimum atomic E-state index is -0.533. The third-order valence-corrected chi connectivity index (χ3v) is 3.30. The number of hydrogen-bond acceptors (Lipinski definition) is 4.